The summed E-state index contributed by atoms with van der Waals surface area (Å²) in [7, 11) is 1.71. The van der Waals surface area contributed by atoms with Crippen LogP contribution in [0.15, 0.2) is 34.7 Å². The summed E-state index contributed by atoms with van der Waals surface area (Å²) in [5.74, 6) is 0.929. The Bertz CT molecular complexity index is 349. The number of aliphatic imine (C=N–C) groups is 1. The van der Waals surface area contributed by atoms with Crippen LogP contribution in [-0.2, 0) is 4.74 Å². The van der Waals surface area contributed by atoms with Crippen LogP contribution in [0.25, 0.3) is 6.08 Å². The minimum absolute atomic E-state index is 0.743. The number of ether oxygens (including phenoxy) is 1. The first kappa shape index (κ1) is 12.0. The van der Waals surface area contributed by atoms with Gasteiger partial charge in [-0.15, -0.1) is 11.8 Å². The van der Waals surface area contributed by atoms with Crippen molar-refractivity contribution in [1.29, 1.82) is 0 Å². The van der Waals surface area contributed by atoms with Gasteiger partial charge in [-0.2, -0.15) is 0 Å². The lowest BCUT2D eigenvalue weighted by Crippen LogP contribution is -1.92. The molecule has 80 valence electrons. The van der Waals surface area contributed by atoms with Crippen LogP contribution in [0, 0.1) is 0 Å². The molecule has 3 heteroatoms. The van der Waals surface area contributed by atoms with E-state index in [0.717, 1.165) is 23.6 Å². The number of methoxy groups -OCH3 is 1. The van der Waals surface area contributed by atoms with Gasteiger partial charge in [-0.3, -0.25) is 4.99 Å². The van der Waals surface area contributed by atoms with E-state index in [1.807, 2.05) is 18.2 Å². The summed E-state index contributed by atoms with van der Waals surface area (Å²) in [6.45, 7) is 8.08. The van der Waals surface area contributed by atoms with Crippen molar-refractivity contribution in [2.24, 2.45) is 4.99 Å². The highest BCUT2D eigenvalue weighted by Crippen LogP contribution is 2.30. The highest BCUT2D eigenvalue weighted by atomic mass is 32.2. The Labute approximate surface area is 95.1 Å². The smallest absolute Gasteiger partial charge is 0.0705 e. The molecule has 0 bridgehead atoms. The predicted molar refractivity (Wildman–Crippen MR) is 68.3 cm³/mol. The van der Waals surface area contributed by atoms with Crippen LogP contribution in [0.2, 0.25) is 0 Å². The lowest BCUT2D eigenvalue weighted by molar-refractivity contribution is 0.218. The number of thioether (sulfide) groups is 1. The van der Waals surface area contributed by atoms with E-state index in [0.29, 0.717) is 0 Å². The van der Waals surface area contributed by atoms with Gasteiger partial charge < -0.3 is 4.74 Å². The molecular weight excluding hydrogens is 206 g/mol. The number of hydrogen-bond donors (Lipinski definition) is 0. The van der Waals surface area contributed by atoms with Gasteiger partial charge in [-0.25, -0.2) is 0 Å². The van der Waals surface area contributed by atoms with E-state index >= 15 is 0 Å². The molecule has 0 amide bonds. The third kappa shape index (κ3) is 3.22. The summed E-state index contributed by atoms with van der Waals surface area (Å²) < 4.78 is 5.01. The van der Waals surface area contributed by atoms with Gasteiger partial charge in [-0.1, -0.05) is 18.7 Å². The molecule has 0 spiro atoms. The maximum absolute atomic E-state index is 5.01. The molecule has 1 aromatic rings. The van der Waals surface area contributed by atoms with E-state index in [2.05, 4.69) is 24.4 Å². The molecule has 0 aromatic heterocycles. The number of benzene rings is 1. The predicted octanol–water partition coefficient (Wildman–Crippen LogP) is 3.40. The quantitative estimate of drug-likeness (QED) is 0.417. The first-order chi connectivity index (χ1) is 7.33. The van der Waals surface area contributed by atoms with Crippen LogP contribution in [0.4, 0.5) is 5.69 Å². The molecule has 0 atom stereocenters. The lowest BCUT2D eigenvalue weighted by atomic mass is 10.2. The van der Waals surface area contributed by atoms with Crippen molar-refractivity contribution in [3.05, 3.63) is 30.3 Å². The van der Waals surface area contributed by atoms with Gasteiger partial charge >= 0.3 is 0 Å². The normalized spacial score (nSPS) is 9.93. The molecule has 0 unspecified atom stereocenters. The van der Waals surface area contributed by atoms with Crippen molar-refractivity contribution in [3.63, 3.8) is 0 Å². The van der Waals surface area contributed by atoms with Crippen molar-refractivity contribution < 1.29 is 4.74 Å². The molecule has 2 nitrogen and oxygen atoms in total. The van der Waals surface area contributed by atoms with E-state index in [1.54, 1.807) is 18.9 Å². The van der Waals surface area contributed by atoms with Crippen molar-refractivity contribution in [2.45, 2.75) is 4.90 Å². The SMILES string of the molecule is C=Cc1c(N=C)cccc1SCCOC. The van der Waals surface area contributed by atoms with Gasteiger partial charge in [0.05, 0.1) is 12.3 Å². The average molecular weight is 221 g/mol. The number of hydrogen-bond acceptors (Lipinski definition) is 3. The van der Waals surface area contributed by atoms with Crippen molar-refractivity contribution in [1.82, 2.24) is 0 Å². The number of nitrogens with zero attached hydrogens (tertiary/aromatic N) is 1. The van der Waals surface area contributed by atoms with Crippen LogP contribution >= 0.6 is 11.8 Å². The summed E-state index contributed by atoms with van der Waals surface area (Å²) in [5, 5.41) is 0. The monoisotopic (exact) mass is 221 g/mol. The van der Waals surface area contributed by atoms with Crippen LogP contribution < -0.4 is 0 Å². The van der Waals surface area contributed by atoms with Gasteiger partial charge in [0.25, 0.3) is 0 Å². The second-order valence-electron chi connectivity index (χ2n) is 2.89. The first-order valence-electron chi connectivity index (χ1n) is 4.67. The first-order valence-corrected chi connectivity index (χ1v) is 5.66. The lowest BCUT2D eigenvalue weighted by Gasteiger charge is -2.07. The molecule has 0 aliphatic heterocycles. The van der Waals surface area contributed by atoms with E-state index < -0.39 is 0 Å². The standard InChI is InChI=1S/C12H15NOS/c1-4-10-11(13-2)6-5-7-12(10)15-9-8-14-3/h4-7H,1-2,8-9H2,3H3. The van der Waals surface area contributed by atoms with Gasteiger partial charge in [0.2, 0.25) is 0 Å². The fraction of sp³-hybridized carbons (Fsp3) is 0.250. The van der Waals surface area contributed by atoms with Crippen LogP contribution in [0.1, 0.15) is 5.56 Å². The Morgan fingerprint density at radius 1 is 1.53 bits per heavy atom. The molecule has 0 saturated heterocycles. The van der Waals surface area contributed by atoms with Crippen LogP contribution in [-0.4, -0.2) is 26.2 Å². The molecule has 15 heavy (non-hydrogen) atoms. The molecule has 0 radical (unpaired) electrons. The zero-order valence-electron chi connectivity index (χ0n) is 8.90. The largest absolute Gasteiger partial charge is 0.384 e. The summed E-state index contributed by atoms with van der Waals surface area (Å²) in [6.07, 6.45) is 1.82. The summed E-state index contributed by atoms with van der Waals surface area (Å²) >= 11 is 1.74. The molecule has 0 fully saturated rings. The summed E-state index contributed by atoms with van der Waals surface area (Å²) in [4.78, 5) is 5.14. The molecule has 0 aliphatic carbocycles. The third-order valence-corrected chi connectivity index (χ3v) is 3.00. The molecule has 0 saturated carbocycles. The highest BCUT2D eigenvalue weighted by Gasteiger charge is 2.03. The molecule has 1 aromatic carbocycles. The zero-order valence-corrected chi connectivity index (χ0v) is 9.72. The molecular formula is C12H15NOS. The van der Waals surface area contributed by atoms with Gasteiger partial charge in [0.1, 0.15) is 0 Å². The summed E-state index contributed by atoms with van der Waals surface area (Å²) in [6, 6.07) is 5.97. The van der Waals surface area contributed by atoms with Crippen LogP contribution in [0.3, 0.4) is 0 Å². The fourth-order valence-electron chi connectivity index (χ4n) is 1.24. The molecule has 0 aliphatic rings. The maximum atomic E-state index is 5.01. The average Bonchev–Trinajstić information content (AvgIpc) is 2.29. The fourth-order valence-corrected chi connectivity index (χ4v) is 2.22. The minimum atomic E-state index is 0.743. The summed E-state index contributed by atoms with van der Waals surface area (Å²) in [5.41, 5.74) is 1.93. The van der Waals surface area contributed by atoms with Crippen LogP contribution in [0.5, 0.6) is 0 Å². The Morgan fingerprint density at radius 3 is 2.93 bits per heavy atom. The Kier molecular flexibility index (Phi) is 5.15. The Morgan fingerprint density at radius 2 is 2.33 bits per heavy atom. The van der Waals surface area contributed by atoms with E-state index in [1.165, 1.54) is 4.90 Å². The topological polar surface area (TPSA) is 21.6 Å². The van der Waals surface area contributed by atoms with E-state index in [9.17, 15) is 0 Å². The Hall–Kier alpha value is -1.06. The van der Waals surface area contributed by atoms with Crippen molar-refractivity contribution in [3.8, 4) is 0 Å². The third-order valence-electron chi connectivity index (χ3n) is 1.96. The van der Waals surface area contributed by atoms with Gasteiger partial charge in [-0.05, 0) is 18.9 Å². The van der Waals surface area contributed by atoms with Gasteiger partial charge in [0.15, 0.2) is 0 Å². The van der Waals surface area contributed by atoms with Crippen molar-refractivity contribution in [2.75, 3.05) is 19.5 Å². The number of rotatable bonds is 6. The highest BCUT2D eigenvalue weighted by molar-refractivity contribution is 7.99. The molecule has 0 heterocycles. The maximum Gasteiger partial charge on any atom is 0.0705 e. The molecule has 1 rings (SSSR count). The minimum Gasteiger partial charge on any atom is -0.384 e. The van der Waals surface area contributed by atoms with Gasteiger partial charge in [0, 0.05) is 23.3 Å². The second-order valence-corrected chi connectivity index (χ2v) is 4.03. The van der Waals surface area contributed by atoms with E-state index in [4.69, 9.17) is 4.74 Å². The zero-order chi connectivity index (χ0) is 11.1. The van der Waals surface area contributed by atoms with E-state index in [-0.39, 0.29) is 0 Å². The van der Waals surface area contributed by atoms with Crippen molar-refractivity contribution >= 4 is 30.2 Å². The Balaban J connectivity index is 2.86. The molecule has 0 N–H and O–H groups in total. The second kappa shape index (κ2) is 6.43.